The van der Waals surface area contributed by atoms with E-state index in [1.807, 2.05) is 19.2 Å². The number of halogens is 2. The van der Waals surface area contributed by atoms with E-state index in [0.717, 1.165) is 35.9 Å². The Kier molecular flexibility index (Phi) is 4.69. The summed E-state index contributed by atoms with van der Waals surface area (Å²) in [6, 6.07) is 5.47. The van der Waals surface area contributed by atoms with Crippen molar-refractivity contribution in [1.29, 1.82) is 0 Å². The van der Waals surface area contributed by atoms with E-state index in [2.05, 4.69) is 5.32 Å². The van der Waals surface area contributed by atoms with Gasteiger partial charge >= 0.3 is 0 Å². The molecule has 2 rings (SSSR count). The van der Waals surface area contributed by atoms with Crippen LogP contribution in [0.15, 0.2) is 18.2 Å². The van der Waals surface area contributed by atoms with Gasteiger partial charge in [0.1, 0.15) is 0 Å². The topological polar surface area (TPSA) is 21.3 Å². The highest BCUT2D eigenvalue weighted by molar-refractivity contribution is 6.33. The van der Waals surface area contributed by atoms with Gasteiger partial charge in [0.15, 0.2) is 0 Å². The Hall–Kier alpha value is -0.280. The molecule has 1 fully saturated rings. The second-order valence-electron chi connectivity index (χ2n) is 4.56. The van der Waals surface area contributed by atoms with Crippen LogP contribution < -0.4 is 5.32 Å². The molecule has 0 heterocycles. The molecule has 2 nitrogen and oxygen atoms in total. The third kappa shape index (κ3) is 3.59. The Morgan fingerprint density at radius 1 is 1.35 bits per heavy atom. The van der Waals surface area contributed by atoms with Gasteiger partial charge in [0.05, 0.1) is 12.7 Å². The standard InChI is InChI=1S/C13H17Cl2NO/c1-16-7-9-4-12(5-9)17-8-10-6-11(14)2-3-13(10)15/h2-3,6,9,12,16H,4-5,7-8H2,1H3. The fourth-order valence-electron chi connectivity index (χ4n) is 2.13. The molecule has 1 aliphatic rings. The van der Waals surface area contributed by atoms with E-state index in [4.69, 9.17) is 27.9 Å². The van der Waals surface area contributed by atoms with E-state index < -0.39 is 0 Å². The number of hydrogen-bond donors (Lipinski definition) is 1. The SMILES string of the molecule is CNCC1CC(OCc2cc(Cl)ccc2Cl)C1. The number of benzene rings is 1. The maximum atomic E-state index is 6.07. The average molecular weight is 274 g/mol. The Bertz CT molecular complexity index is 378. The van der Waals surface area contributed by atoms with Crippen molar-refractivity contribution in [1.82, 2.24) is 5.32 Å². The molecule has 4 heteroatoms. The Morgan fingerprint density at radius 2 is 2.12 bits per heavy atom. The average Bonchev–Trinajstić information content (AvgIpc) is 2.26. The second-order valence-corrected chi connectivity index (χ2v) is 5.41. The van der Waals surface area contributed by atoms with Crippen LogP contribution in [-0.2, 0) is 11.3 Å². The summed E-state index contributed by atoms with van der Waals surface area (Å²) in [6.07, 6.45) is 2.65. The monoisotopic (exact) mass is 273 g/mol. The van der Waals surface area contributed by atoms with Gasteiger partial charge in [-0.2, -0.15) is 0 Å². The molecule has 0 saturated heterocycles. The van der Waals surface area contributed by atoms with E-state index >= 15 is 0 Å². The lowest BCUT2D eigenvalue weighted by atomic mass is 9.82. The van der Waals surface area contributed by atoms with Crippen LogP contribution in [0.1, 0.15) is 18.4 Å². The molecular weight excluding hydrogens is 257 g/mol. The van der Waals surface area contributed by atoms with Crippen LogP contribution >= 0.6 is 23.2 Å². The molecule has 0 aromatic heterocycles. The lowest BCUT2D eigenvalue weighted by molar-refractivity contribution is -0.0390. The zero-order valence-electron chi connectivity index (χ0n) is 9.88. The van der Waals surface area contributed by atoms with Crippen molar-refractivity contribution in [2.45, 2.75) is 25.6 Å². The van der Waals surface area contributed by atoms with Crippen LogP contribution in [0.4, 0.5) is 0 Å². The van der Waals surface area contributed by atoms with Crippen molar-refractivity contribution < 1.29 is 4.74 Å². The van der Waals surface area contributed by atoms with Crippen LogP contribution in [-0.4, -0.2) is 19.7 Å². The molecule has 1 aliphatic carbocycles. The molecule has 94 valence electrons. The summed E-state index contributed by atoms with van der Waals surface area (Å²) in [5, 5.41) is 4.61. The highest BCUT2D eigenvalue weighted by atomic mass is 35.5. The summed E-state index contributed by atoms with van der Waals surface area (Å²) < 4.78 is 5.81. The van der Waals surface area contributed by atoms with Gasteiger partial charge in [-0.05, 0) is 56.1 Å². The molecule has 0 bridgehead atoms. The zero-order valence-corrected chi connectivity index (χ0v) is 11.4. The summed E-state index contributed by atoms with van der Waals surface area (Å²) in [5.41, 5.74) is 0.969. The van der Waals surface area contributed by atoms with Crippen molar-refractivity contribution in [3.05, 3.63) is 33.8 Å². The van der Waals surface area contributed by atoms with Gasteiger partial charge in [0.2, 0.25) is 0 Å². The normalized spacial score (nSPS) is 23.5. The predicted molar refractivity (Wildman–Crippen MR) is 71.7 cm³/mol. The van der Waals surface area contributed by atoms with Crippen LogP contribution in [0.2, 0.25) is 10.0 Å². The van der Waals surface area contributed by atoms with Gasteiger partial charge in [-0.15, -0.1) is 0 Å². The number of hydrogen-bond acceptors (Lipinski definition) is 2. The highest BCUT2D eigenvalue weighted by Gasteiger charge is 2.29. The Balaban J connectivity index is 1.77. The van der Waals surface area contributed by atoms with Crippen LogP contribution in [0.3, 0.4) is 0 Å². The molecule has 0 aliphatic heterocycles. The van der Waals surface area contributed by atoms with E-state index in [1.165, 1.54) is 0 Å². The van der Waals surface area contributed by atoms with Gasteiger partial charge in [0, 0.05) is 10.0 Å². The molecule has 1 aromatic rings. The third-order valence-electron chi connectivity index (χ3n) is 3.17. The third-order valence-corrected chi connectivity index (χ3v) is 3.77. The number of ether oxygens (including phenoxy) is 1. The fourth-order valence-corrected chi connectivity index (χ4v) is 2.49. The molecule has 0 unspecified atom stereocenters. The molecule has 17 heavy (non-hydrogen) atoms. The molecule has 1 N–H and O–H groups in total. The molecule has 0 amide bonds. The first-order valence-electron chi connectivity index (χ1n) is 5.89. The zero-order chi connectivity index (χ0) is 12.3. The molecule has 0 spiro atoms. The van der Waals surface area contributed by atoms with Crippen LogP contribution in [0.25, 0.3) is 0 Å². The first-order valence-corrected chi connectivity index (χ1v) is 6.64. The minimum atomic E-state index is 0.378. The Morgan fingerprint density at radius 3 is 2.82 bits per heavy atom. The van der Waals surface area contributed by atoms with E-state index in [-0.39, 0.29) is 0 Å². The van der Waals surface area contributed by atoms with Crippen LogP contribution in [0.5, 0.6) is 0 Å². The minimum absolute atomic E-state index is 0.378. The molecular formula is C13H17Cl2NO. The highest BCUT2D eigenvalue weighted by Crippen LogP contribution is 2.31. The maximum Gasteiger partial charge on any atom is 0.0735 e. The lowest BCUT2D eigenvalue weighted by Crippen LogP contribution is -2.36. The van der Waals surface area contributed by atoms with Crippen molar-refractivity contribution in [3.63, 3.8) is 0 Å². The predicted octanol–water partition coefficient (Wildman–Crippen LogP) is 3.51. The van der Waals surface area contributed by atoms with Gasteiger partial charge < -0.3 is 10.1 Å². The summed E-state index contributed by atoms with van der Waals surface area (Å²) in [5.74, 6) is 0.764. The van der Waals surface area contributed by atoms with Crippen molar-refractivity contribution >= 4 is 23.2 Å². The van der Waals surface area contributed by atoms with Gasteiger partial charge in [-0.3, -0.25) is 0 Å². The number of rotatable bonds is 5. The van der Waals surface area contributed by atoms with Gasteiger partial charge in [-0.25, -0.2) is 0 Å². The van der Waals surface area contributed by atoms with Crippen molar-refractivity contribution in [2.24, 2.45) is 5.92 Å². The van der Waals surface area contributed by atoms with E-state index in [0.29, 0.717) is 17.7 Å². The van der Waals surface area contributed by atoms with Crippen molar-refractivity contribution in [2.75, 3.05) is 13.6 Å². The van der Waals surface area contributed by atoms with E-state index in [1.54, 1.807) is 6.07 Å². The summed E-state index contributed by atoms with van der Waals surface area (Å²) in [7, 11) is 1.99. The first-order chi connectivity index (χ1) is 8.19. The summed E-state index contributed by atoms with van der Waals surface area (Å²) in [6.45, 7) is 1.63. The Labute approximate surface area is 112 Å². The first kappa shape index (κ1) is 13.2. The summed E-state index contributed by atoms with van der Waals surface area (Å²) in [4.78, 5) is 0. The molecule has 0 atom stereocenters. The maximum absolute atomic E-state index is 6.07. The molecule has 0 radical (unpaired) electrons. The van der Waals surface area contributed by atoms with Gasteiger partial charge in [0.25, 0.3) is 0 Å². The second kappa shape index (κ2) is 6.05. The largest absolute Gasteiger partial charge is 0.373 e. The molecule has 1 aromatic carbocycles. The fraction of sp³-hybridized carbons (Fsp3) is 0.538. The van der Waals surface area contributed by atoms with Crippen molar-refractivity contribution in [3.8, 4) is 0 Å². The minimum Gasteiger partial charge on any atom is -0.373 e. The lowest BCUT2D eigenvalue weighted by Gasteiger charge is -2.35. The van der Waals surface area contributed by atoms with Gasteiger partial charge in [-0.1, -0.05) is 23.2 Å². The smallest absolute Gasteiger partial charge is 0.0735 e. The molecule has 1 saturated carbocycles. The van der Waals surface area contributed by atoms with Crippen LogP contribution in [0, 0.1) is 5.92 Å². The van der Waals surface area contributed by atoms with E-state index in [9.17, 15) is 0 Å². The number of nitrogens with one attached hydrogen (secondary N) is 1. The summed E-state index contributed by atoms with van der Waals surface area (Å²) >= 11 is 12.0. The quantitative estimate of drug-likeness (QED) is 0.887.